The summed E-state index contributed by atoms with van der Waals surface area (Å²) in [4.78, 5) is 8.06. The second kappa shape index (κ2) is 4.42. The van der Waals surface area contributed by atoms with Crippen LogP contribution in [-0.2, 0) is 7.05 Å². The minimum atomic E-state index is 0.441. The van der Waals surface area contributed by atoms with Gasteiger partial charge in [-0.2, -0.15) is 5.10 Å². The predicted octanol–water partition coefficient (Wildman–Crippen LogP) is 2.01. The highest BCUT2D eigenvalue weighted by Crippen LogP contribution is 2.33. The summed E-state index contributed by atoms with van der Waals surface area (Å²) in [6.07, 6.45) is 1.45. The third-order valence-corrected chi connectivity index (χ3v) is 4.08. The van der Waals surface area contributed by atoms with Gasteiger partial charge in [0.15, 0.2) is 0 Å². The molecule has 2 N–H and O–H groups in total. The number of nitrogens with two attached hydrogens (primary N) is 1. The molecule has 0 aliphatic carbocycles. The van der Waals surface area contributed by atoms with Crippen LogP contribution in [0.2, 0.25) is 0 Å². The molecular formula is C9H10BrN5S. The molecule has 0 bridgehead atoms. The molecule has 2 heterocycles. The van der Waals surface area contributed by atoms with Gasteiger partial charge in [-0.05, 0) is 40.7 Å². The molecule has 0 saturated heterocycles. The van der Waals surface area contributed by atoms with E-state index in [2.05, 4.69) is 31.0 Å². The molecule has 2 aromatic heterocycles. The van der Waals surface area contributed by atoms with Crippen LogP contribution >= 0.6 is 27.7 Å². The van der Waals surface area contributed by atoms with Crippen molar-refractivity contribution in [1.29, 1.82) is 0 Å². The first-order valence-corrected chi connectivity index (χ1v) is 6.13. The molecule has 0 radical (unpaired) electrons. The number of aromatic nitrogens is 4. The molecule has 84 valence electrons. The van der Waals surface area contributed by atoms with E-state index in [0.29, 0.717) is 5.82 Å². The van der Waals surface area contributed by atoms with Gasteiger partial charge in [0.25, 0.3) is 0 Å². The Bertz CT molecular complexity index is 525. The van der Waals surface area contributed by atoms with Crippen LogP contribution in [0.4, 0.5) is 5.82 Å². The zero-order chi connectivity index (χ0) is 11.7. The summed E-state index contributed by atoms with van der Waals surface area (Å²) in [5.41, 5.74) is 6.66. The summed E-state index contributed by atoms with van der Waals surface area (Å²) in [6, 6.07) is 2.00. The molecule has 0 aliphatic rings. The van der Waals surface area contributed by atoms with Crippen molar-refractivity contribution >= 4 is 33.5 Å². The third-order valence-electron chi connectivity index (χ3n) is 1.94. The van der Waals surface area contributed by atoms with E-state index in [4.69, 9.17) is 5.73 Å². The van der Waals surface area contributed by atoms with Gasteiger partial charge in [-0.1, -0.05) is 0 Å². The van der Waals surface area contributed by atoms with Gasteiger partial charge in [0, 0.05) is 7.05 Å². The number of nitrogens with zero attached hydrogens (tertiary/aromatic N) is 4. The van der Waals surface area contributed by atoms with Crippen molar-refractivity contribution in [2.45, 2.75) is 17.0 Å². The molecule has 0 aliphatic heterocycles. The van der Waals surface area contributed by atoms with E-state index in [1.807, 2.05) is 24.7 Å². The fourth-order valence-corrected chi connectivity index (χ4v) is 2.56. The first-order chi connectivity index (χ1) is 7.58. The smallest absolute Gasteiger partial charge is 0.142 e. The molecule has 2 rings (SSSR count). The molecule has 0 amide bonds. The van der Waals surface area contributed by atoms with Crippen molar-refractivity contribution in [3.05, 3.63) is 22.6 Å². The third kappa shape index (κ3) is 2.19. The lowest BCUT2D eigenvalue weighted by Crippen LogP contribution is -1.96. The van der Waals surface area contributed by atoms with Gasteiger partial charge >= 0.3 is 0 Å². The van der Waals surface area contributed by atoms with Crippen molar-refractivity contribution in [2.75, 3.05) is 5.73 Å². The summed E-state index contributed by atoms with van der Waals surface area (Å²) in [5.74, 6) is 0.441. The van der Waals surface area contributed by atoms with Gasteiger partial charge < -0.3 is 5.73 Å². The topological polar surface area (TPSA) is 69.6 Å². The largest absolute Gasteiger partial charge is 0.383 e. The van der Waals surface area contributed by atoms with Gasteiger partial charge in [-0.3, -0.25) is 4.68 Å². The van der Waals surface area contributed by atoms with Gasteiger partial charge in [-0.25, -0.2) is 9.97 Å². The lowest BCUT2D eigenvalue weighted by Gasteiger charge is -2.04. The Morgan fingerprint density at radius 2 is 2.19 bits per heavy atom. The van der Waals surface area contributed by atoms with E-state index in [-0.39, 0.29) is 0 Å². The molecule has 16 heavy (non-hydrogen) atoms. The van der Waals surface area contributed by atoms with Crippen LogP contribution in [0.15, 0.2) is 26.9 Å². The lowest BCUT2D eigenvalue weighted by atomic mass is 10.5. The SMILES string of the molecule is Cc1cc(Sc2ncnc(N)c2Br)n(C)n1. The lowest BCUT2D eigenvalue weighted by molar-refractivity contribution is 0.692. The van der Waals surface area contributed by atoms with E-state index >= 15 is 0 Å². The van der Waals surface area contributed by atoms with E-state index in [0.717, 1.165) is 20.2 Å². The minimum absolute atomic E-state index is 0.441. The van der Waals surface area contributed by atoms with Crippen LogP contribution in [0.3, 0.4) is 0 Å². The molecule has 0 fully saturated rings. The monoisotopic (exact) mass is 299 g/mol. The normalized spacial score (nSPS) is 10.7. The van der Waals surface area contributed by atoms with E-state index in [1.165, 1.54) is 18.1 Å². The molecule has 0 saturated carbocycles. The highest BCUT2D eigenvalue weighted by molar-refractivity contribution is 9.10. The Morgan fingerprint density at radius 3 is 2.81 bits per heavy atom. The fraction of sp³-hybridized carbons (Fsp3) is 0.222. The Balaban J connectivity index is 2.34. The number of aryl methyl sites for hydroxylation is 2. The van der Waals surface area contributed by atoms with Gasteiger partial charge in [0.05, 0.1) is 10.2 Å². The van der Waals surface area contributed by atoms with Crippen LogP contribution < -0.4 is 5.73 Å². The summed E-state index contributed by atoms with van der Waals surface area (Å²) < 4.78 is 2.53. The quantitative estimate of drug-likeness (QED) is 0.859. The fourth-order valence-electron chi connectivity index (χ4n) is 1.22. The van der Waals surface area contributed by atoms with Crippen LogP contribution in [0, 0.1) is 6.92 Å². The predicted molar refractivity (Wildman–Crippen MR) is 66.2 cm³/mol. The zero-order valence-corrected chi connectivity index (χ0v) is 11.2. The maximum absolute atomic E-state index is 5.68. The molecule has 5 nitrogen and oxygen atoms in total. The highest BCUT2D eigenvalue weighted by atomic mass is 79.9. The summed E-state index contributed by atoms with van der Waals surface area (Å²) in [6.45, 7) is 1.95. The first-order valence-electron chi connectivity index (χ1n) is 4.52. The Labute approximate surface area is 106 Å². The van der Waals surface area contributed by atoms with Crippen LogP contribution in [0.5, 0.6) is 0 Å². The maximum Gasteiger partial charge on any atom is 0.142 e. The summed E-state index contributed by atoms with van der Waals surface area (Å²) >= 11 is 4.87. The second-order valence-corrected chi connectivity index (χ2v) is 5.03. The van der Waals surface area contributed by atoms with Crippen LogP contribution in [0.25, 0.3) is 0 Å². The highest BCUT2D eigenvalue weighted by Gasteiger charge is 2.10. The second-order valence-electron chi connectivity index (χ2n) is 3.23. The number of nitrogen functional groups attached to an aromatic ring is 1. The van der Waals surface area contributed by atoms with E-state index < -0.39 is 0 Å². The number of anilines is 1. The summed E-state index contributed by atoms with van der Waals surface area (Å²) in [5, 5.41) is 6.06. The number of rotatable bonds is 2. The Hall–Kier alpha value is -1.08. The van der Waals surface area contributed by atoms with E-state index in [9.17, 15) is 0 Å². The van der Waals surface area contributed by atoms with Gasteiger partial charge in [0.1, 0.15) is 22.2 Å². The molecule has 0 aromatic carbocycles. The Morgan fingerprint density at radius 1 is 1.44 bits per heavy atom. The first kappa shape index (κ1) is 11.4. The van der Waals surface area contributed by atoms with Crippen LogP contribution in [0.1, 0.15) is 5.69 Å². The van der Waals surface area contributed by atoms with E-state index in [1.54, 1.807) is 0 Å². The molecule has 2 aromatic rings. The zero-order valence-electron chi connectivity index (χ0n) is 8.81. The molecule has 0 spiro atoms. The number of hydrogen-bond acceptors (Lipinski definition) is 5. The summed E-state index contributed by atoms with van der Waals surface area (Å²) in [7, 11) is 1.90. The van der Waals surface area contributed by atoms with Crippen molar-refractivity contribution in [3.63, 3.8) is 0 Å². The van der Waals surface area contributed by atoms with Crippen molar-refractivity contribution in [1.82, 2.24) is 19.7 Å². The van der Waals surface area contributed by atoms with Crippen molar-refractivity contribution in [3.8, 4) is 0 Å². The maximum atomic E-state index is 5.68. The molecule has 7 heteroatoms. The molecule has 0 atom stereocenters. The molecule has 0 unspecified atom stereocenters. The van der Waals surface area contributed by atoms with Crippen molar-refractivity contribution < 1.29 is 0 Å². The Kier molecular flexibility index (Phi) is 3.15. The van der Waals surface area contributed by atoms with Gasteiger partial charge in [0.2, 0.25) is 0 Å². The average molecular weight is 300 g/mol. The van der Waals surface area contributed by atoms with Crippen LogP contribution in [-0.4, -0.2) is 19.7 Å². The minimum Gasteiger partial charge on any atom is -0.383 e. The van der Waals surface area contributed by atoms with Gasteiger partial charge in [-0.15, -0.1) is 0 Å². The number of halogens is 1. The van der Waals surface area contributed by atoms with Crippen molar-refractivity contribution in [2.24, 2.45) is 7.05 Å². The standard InChI is InChI=1S/C9H10BrN5S/c1-5-3-6(15(2)14-5)16-9-7(10)8(11)12-4-13-9/h3-4H,1-2H3,(H2,11,12,13). The average Bonchev–Trinajstić information content (AvgIpc) is 2.53. The number of hydrogen-bond donors (Lipinski definition) is 1. The molecular weight excluding hydrogens is 290 g/mol.